The summed E-state index contributed by atoms with van der Waals surface area (Å²) in [6.07, 6.45) is 2.87. The molecule has 0 saturated heterocycles. The zero-order valence-electron chi connectivity index (χ0n) is 12.4. The van der Waals surface area contributed by atoms with E-state index in [4.69, 9.17) is 10.00 Å². The number of aryl methyl sites for hydroxylation is 1. The van der Waals surface area contributed by atoms with Gasteiger partial charge in [0.05, 0.1) is 5.69 Å². The molecule has 1 aromatic heterocycles. The van der Waals surface area contributed by atoms with Crippen molar-refractivity contribution in [1.82, 2.24) is 15.1 Å². The molecule has 0 saturated carbocycles. The second kappa shape index (κ2) is 7.46. The molecule has 5 heteroatoms. The molecule has 0 bridgehead atoms. The van der Waals surface area contributed by atoms with Crippen molar-refractivity contribution < 1.29 is 4.74 Å². The van der Waals surface area contributed by atoms with Gasteiger partial charge in [-0.05, 0) is 30.7 Å². The van der Waals surface area contributed by atoms with E-state index in [1.54, 1.807) is 0 Å². The molecule has 1 atom stereocenters. The lowest BCUT2D eigenvalue weighted by molar-refractivity contribution is 0.368. The predicted molar refractivity (Wildman–Crippen MR) is 80.9 cm³/mol. The van der Waals surface area contributed by atoms with Gasteiger partial charge >= 0.3 is 0 Å². The summed E-state index contributed by atoms with van der Waals surface area (Å²) in [6, 6.07) is 12.1. The lowest BCUT2D eigenvalue weighted by Gasteiger charge is -2.14. The first-order valence-electron chi connectivity index (χ1n) is 7.00. The van der Waals surface area contributed by atoms with Gasteiger partial charge in [0.25, 0.3) is 0 Å². The maximum absolute atomic E-state index is 8.47. The first-order chi connectivity index (χ1) is 10.2. The molecule has 0 radical (unpaired) electrons. The zero-order chi connectivity index (χ0) is 15.1. The molecule has 110 valence electrons. The molecule has 0 fully saturated rings. The van der Waals surface area contributed by atoms with Crippen LogP contribution in [-0.2, 0) is 13.5 Å². The fourth-order valence-corrected chi connectivity index (χ4v) is 2.10. The molecule has 0 aliphatic carbocycles. The molecule has 0 amide bonds. The molecule has 1 heterocycles. The first kappa shape index (κ1) is 15.1. The van der Waals surface area contributed by atoms with E-state index in [0.29, 0.717) is 0 Å². The molecule has 21 heavy (non-hydrogen) atoms. The Labute approximate surface area is 125 Å². The van der Waals surface area contributed by atoms with Crippen LogP contribution in [0.3, 0.4) is 0 Å². The Bertz CT molecular complexity index is 597. The molecule has 1 N–H and O–H groups in total. The fourth-order valence-electron chi connectivity index (χ4n) is 2.10. The molecule has 2 aromatic rings. The van der Waals surface area contributed by atoms with E-state index in [2.05, 4.69) is 17.3 Å². The van der Waals surface area contributed by atoms with Crippen LogP contribution in [0.5, 0.6) is 5.75 Å². The van der Waals surface area contributed by atoms with Gasteiger partial charge in [-0.25, -0.2) is 0 Å². The Morgan fingerprint density at radius 2 is 2.10 bits per heavy atom. The number of hydrogen-bond acceptors (Lipinski definition) is 4. The normalized spacial score (nSPS) is 11.9. The van der Waals surface area contributed by atoms with Crippen LogP contribution in [0.15, 0.2) is 36.5 Å². The van der Waals surface area contributed by atoms with Crippen molar-refractivity contribution in [3.05, 3.63) is 47.8 Å². The summed E-state index contributed by atoms with van der Waals surface area (Å²) < 4.78 is 7.06. The monoisotopic (exact) mass is 284 g/mol. The second-order valence-corrected chi connectivity index (χ2v) is 4.92. The number of benzene rings is 1. The zero-order valence-corrected chi connectivity index (χ0v) is 12.4. The fraction of sp³-hybridized carbons (Fsp3) is 0.375. The van der Waals surface area contributed by atoms with E-state index < -0.39 is 0 Å². The maximum atomic E-state index is 8.47. The second-order valence-electron chi connectivity index (χ2n) is 4.92. The van der Waals surface area contributed by atoms with E-state index in [9.17, 15) is 0 Å². The minimum Gasteiger partial charge on any atom is -0.479 e. The SMILES string of the molecule is CC(NCCc1ccn(C)n1)c1ccc(OCC#N)cc1. The summed E-state index contributed by atoms with van der Waals surface area (Å²) >= 11 is 0. The molecule has 0 aliphatic rings. The highest BCUT2D eigenvalue weighted by atomic mass is 16.5. The van der Waals surface area contributed by atoms with Crippen molar-refractivity contribution in [3.63, 3.8) is 0 Å². The number of nitrogens with one attached hydrogen (secondary N) is 1. The van der Waals surface area contributed by atoms with Crippen LogP contribution in [0.4, 0.5) is 0 Å². The summed E-state index contributed by atoms with van der Waals surface area (Å²) in [6.45, 7) is 3.09. The Balaban J connectivity index is 1.80. The molecular formula is C16H20N4O. The molecule has 2 rings (SSSR count). The highest BCUT2D eigenvalue weighted by Crippen LogP contribution is 2.17. The average Bonchev–Trinajstić information content (AvgIpc) is 2.91. The van der Waals surface area contributed by atoms with Crippen molar-refractivity contribution in [3.8, 4) is 11.8 Å². The Morgan fingerprint density at radius 1 is 1.33 bits per heavy atom. The lowest BCUT2D eigenvalue weighted by atomic mass is 10.1. The first-order valence-corrected chi connectivity index (χ1v) is 7.00. The third-order valence-electron chi connectivity index (χ3n) is 3.28. The summed E-state index contributed by atoms with van der Waals surface area (Å²) in [5, 5.41) is 16.3. The van der Waals surface area contributed by atoms with Gasteiger partial charge in [-0.1, -0.05) is 12.1 Å². The van der Waals surface area contributed by atoms with Gasteiger partial charge in [0.1, 0.15) is 11.8 Å². The van der Waals surface area contributed by atoms with Crippen LogP contribution < -0.4 is 10.1 Å². The standard InChI is InChI=1S/C16H20N4O/c1-13(18-10-7-15-8-11-20(2)19-15)14-3-5-16(6-4-14)21-12-9-17/h3-6,8,11,13,18H,7,10,12H2,1-2H3. The average molecular weight is 284 g/mol. The van der Waals surface area contributed by atoms with E-state index in [1.807, 2.05) is 54.3 Å². The van der Waals surface area contributed by atoms with Gasteiger partial charge in [0.15, 0.2) is 6.61 Å². The summed E-state index contributed by atoms with van der Waals surface area (Å²) in [4.78, 5) is 0. The summed E-state index contributed by atoms with van der Waals surface area (Å²) in [7, 11) is 1.93. The third-order valence-corrected chi connectivity index (χ3v) is 3.28. The van der Waals surface area contributed by atoms with E-state index >= 15 is 0 Å². The van der Waals surface area contributed by atoms with Crippen molar-refractivity contribution in [2.45, 2.75) is 19.4 Å². The Hall–Kier alpha value is -2.32. The van der Waals surface area contributed by atoms with E-state index in [1.165, 1.54) is 5.56 Å². The van der Waals surface area contributed by atoms with Crippen molar-refractivity contribution >= 4 is 0 Å². The topological polar surface area (TPSA) is 62.9 Å². The van der Waals surface area contributed by atoms with Crippen LogP contribution in [-0.4, -0.2) is 22.9 Å². The van der Waals surface area contributed by atoms with Crippen molar-refractivity contribution in [2.75, 3.05) is 13.2 Å². The van der Waals surface area contributed by atoms with Gasteiger partial charge in [0, 0.05) is 32.3 Å². The Morgan fingerprint density at radius 3 is 2.71 bits per heavy atom. The minimum atomic E-state index is 0.0806. The van der Waals surface area contributed by atoms with Crippen molar-refractivity contribution in [1.29, 1.82) is 5.26 Å². The quantitative estimate of drug-likeness (QED) is 0.846. The number of nitrogens with zero attached hydrogens (tertiary/aromatic N) is 3. The maximum Gasteiger partial charge on any atom is 0.174 e. The molecule has 0 spiro atoms. The molecule has 5 nitrogen and oxygen atoms in total. The highest BCUT2D eigenvalue weighted by molar-refractivity contribution is 5.29. The molecule has 1 aromatic carbocycles. The highest BCUT2D eigenvalue weighted by Gasteiger charge is 2.05. The minimum absolute atomic E-state index is 0.0806. The van der Waals surface area contributed by atoms with Crippen molar-refractivity contribution in [2.24, 2.45) is 7.05 Å². The van der Waals surface area contributed by atoms with Gasteiger partial charge < -0.3 is 10.1 Å². The van der Waals surface area contributed by atoms with E-state index in [0.717, 1.165) is 24.4 Å². The molecule has 1 unspecified atom stereocenters. The Kier molecular flexibility index (Phi) is 5.35. The van der Waals surface area contributed by atoms with Crippen LogP contribution >= 0.6 is 0 Å². The number of nitriles is 1. The van der Waals surface area contributed by atoms with Gasteiger partial charge in [-0.2, -0.15) is 10.4 Å². The number of hydrogen-bond donors (Lipinski definition) is 1. The molecule has 0 aliphatic heterocycles. The largest absolute Gasteiger partial charge is 0.479 e. The lowest BCUT2D eigenvalue weighted by Crippen LogP contribution is -2.21. The van der Waals surface area contributed by atoms with Crippen LogP contribution in [0.1, 0.15) is 24.2 Å². The summed E-state index contributed by atoms with van der Waals surface area (Å²) in [5.41, 5.74) is 2.29. The van der Waals surface area contributed by atoms with Crippen LogP contribution in [0.25, 0.3) is 0 Å². The van der Waals surface area contributed by atoms with Gasteiger partial charge in [-0.3, -0.25) is 4.68 Å². The molecular weight excluding hydrogens is 264 g/mol. The van der Waals surface area contributed by atoms with Crippen LogP contribution in [0.2, 0.25) is 0 Å². The predicted octanol–water partition coefficient (Wildman–Crippen LogP) is 2.22. The third kappa shape index (κ3) is 4.62. The number of aromatic nitrogens is 2. The smallest absolute Gasteiger partial charge is 0.174 e. The van der Waals surface area contributed by atoms with Gasteiger partial charge in [0.2, 0.25) is 0 Å². The van der Waals surface area contributed by atoms with Crippen LogP contribution in [0, 0.1) is 11.3 Å². The van der Waals surface area contributed by atoms with Gasteiger partial charge in [-0.15, -0.1) is 0 Å². The number of ether oxygens (including phenoxy) is 1. The summed E-state index contributed by atoms with van der Waals surface area (Å²) in [5.74, 6) is 0.723. The van der Waals surface area contributed by atoms with E-state index in [-0.39, 0.29) is 12.6 Å². The number of rotatable bonds is 7.